The summed E-state index contributed by atoms with van der Waals surface area (Å²) in [6.07, 6.45) is 0. The number of rotatable bonds is 6. The summed E-state index contributed by atoms with van der Waals surface area (Å²) in [4.78, 5) is 2.68. The quantitative estimate of drug-likeness (QED) is 0.767. The third kappa shape index (κ3) is 3.47. The molecule has 16 heavy (non-hydrogen) atoms. The lowest BCUT2D eigenvalue weighted by Gasteiger charge is -2.22. The first kappa shape index (κ1) is 12.9. The highest BCUT2D eigenvalue weighted by Crippen LogP contribution is 2.14. The number of benzene rings is 1. The molecule has 0 radical (unpaired) electrons. The number of methoxy groups -OCH3 is 1. The van der Waals surface area contributed by atoms with Crippen LogP contribution in [0.1, 0.15) is 12.5 Å². The SMILES string of the molecule is CCN(CCOC)c1ccc(C(N)=S)cc1. The molecule has 1 rings (SSSR count). The average molecular weight is 238 g/mol. The van der Waals surface area contributed by atoms with Gasteiger partial charge in [0.2, 0.25) is 0 Å². The van der Waals surface area contributed by atoms with Gasteiger partial charge in [-0.1, -0.05) is 12.2 Å². The van der Waals surface area contributed by atoms with Crippen LogP contribution in [0, 0.1) is 0 Å². The first-order valence-electron chi connectivity index (χ1n) is 5.32. The molecule has 0 aliphatic carbocycles. The van der Waals surface area contributed by atoms with Crippen molar-refractivity contribution < 1.29 is 4.74 Å². The molecular weight excluding hydrogens is 220 g/mol. The molecule has 0 spiro atoms. The second kappa shape index (κ2) is 6.45. The Morgan fingerprint density at radius 1 is 1.38 bits per heavy atom. The van der Waals surface area contributed by atoms with Crippen LogP contribution in [0.4, 0.5) is 5.69 Å². The van der Waals surface area contributed by atoms with E-state index in [9.17, 15) is 0 Å². The number of likely N-dealkylation sites (N-methyl/N-ethyl adjacent to an activating group) is 1. The third-order valence-electron chi connectivity index (χ3n) is 2.46. The van der Waals surface area contributed by atoms with Crippen LogP contribution < -0.4 is 10.6 Å². The molecule has 0 unspecified atom stereocenters. The Balaban J connectivity index is 2.74. The summed E-state index contributed by atoms with van der Waals surface area (Å²) in [5.41, 5.74) is 7.62. The fraction of sp³-hybridized carbons (Fsp3) is 0.417. The molecule has 4 heteroatoms. The van der Waals surface area contributed by atoms with Gasteiger partial charge in [-0.3, -0.25) is 0 Å². The molecule has 3 nitrogen and oxygen atoms in total. The maximum atomic E-state index is 5.55. The van der Waals surface area contributed by atoms with Gasteiger partial charge in [-0.25, -0.2) is 0 Å². The molecule has 0 amide bonds. The van der Waals surface area contributed by atoms with Crippen molar-refractivity contribution in [1.82, 2.24) is 0 Å². The molecule has 0 aliphatic rings. The zero-order valence-electron chi connectivity index (χ0n) is 9.77. The molecule has 0 saturated carbocycles. The van der Waals surface area contributed by atoms with Gasteiger partial charge in [-0.05, 0) is 31.2 Å². The molecule has 0 atom stereocenters. The van der Waals surface area contributed by atoms with Crippen molar-refractivity contribution in [3.8, 4) is 0 Å². The normalized spacial score (nSPS) is 10.1. The van der Waals surface area contributed by atoms with Gasteiger partial charge in [0.25, 0.3) is 0 Å². The summed E-state index contributed by atoms with van der Waals surface area (Å²) >= 11 is 4.91. The van der Waals surface area contributed by atoms with Gasteiger partial charge in [-0.2, -0.15) is 0 Å². The highest BCUT2D eigenvalue weighted by molar-refractivity contribution is 7.80. The molecule has 0 fully saturated rings. The van der Waals surface area contributed by atoms with E-state index in [1.165, 1.54) is 5.69 Å². The Hall–Kier alpha value is -1.13. The highest BCUT2D eigenvalue weighted by Gasteiger charge is 2.04. The van der Waals surface area contributed by atoms with Gasteiger partial charge in [-0.15, -0.1) is 0 Å². The van der Waals surface area contributed by atoms with Crippen LogP contribution in [0.25, 0.3) is 0 Å². The predicted molar refractivity (Wildman–Crippen MR) is 72.1 cm³/mol. The van der Waals surface area contributed by atoms with E-state index in [4.69, 9.17) is 22.7 Å². The fourth-order valence-electron chi connectivity index (χ4n) is 1.51. The van der Waals surface area contributed by atoms with E-state index >= 15 is 0 Å². The molecule has 2 N–H and O–H groups in total. The van der Waals surface area contributed by atoms with Crippen molar-refractivity contribution in [2.24, 2.45) is 5.73 Å². The minimum absolute atomic E-state index is 0.437. The van der Waals surface area contributed by atoms with Crippen LogP contribution in [-0.2, 0) is 4.74 Å². The van der Waals surface area contributed by atoms with Crippen LogP contribution in [0.5, 0.6) is 0 Å². The van der Waals surface area contributed by atoms with Crippen LogP contribution in [0.3, 0.4) is 0 Å². The van der Waals surface area contributed by atoms with Gasteiger partial charge < -0.3 is 15.4 Å². The standard InChI is InChI=1S/C12H18N2OS/c1-3-14(8-9-15-2)11-6-4-10(5-7-11)12(13)16/h4-7H,3,8-9H2,1-2H3,(H2,13,16). The van der Waals surface area contributed by atoms with E-state index in [2.05, 4.69) is 11.8 Å². The minimum Gasteiger partial charge on any atom is -0.389 e. The van der Waals surface area contributed by atoms with Gasteiger partial charge >= 0.3 is 0 Å². The molecule has 1 aromatic carbocycles. The smallest absolute Gasteiger partial charge is 0.103 e. The maximum Gasteiger partial charge on any atom is 0.103 e. The molecule has 0 aliphatic heterocycles. The van der Waals surface area contributed by atoms with Crippen molar-refractivity contribution in [3.05, 3.63) is 29.8 Å². The fourth-order valence-corrected chi connectivity index (χ4v) is 1.64. The van der Waals surface area contributed by atoms with Crippen molar-refractivity contribution in [3.63, 3.8) is 0 Å². The van der Waals surface area contributed by atoms with E-state index in [0.29, 0.717) is 4.99 Å². The monoisotopic (exact) mass is 238 g/mol. The van der Waals surface area contributed by atoms with Crippen LogP contribution in [-0.4, -0.2) is 31.8 Å². The van der Waals surface area contributed by atoms with Gasteiger partial charge in [0.1, 0.15) is 4.99 Å². The summed E-state index contributed by atoms with van der Waals surface area (Å²) in [7, 11) is 1.71. The minimum atomic E-state index is 0.437. The number of thiocarbonyl (C=S) groups is 1. The number of nitrogens with two attached hydrogens (primary N) is 1. The van der Waals surface area contributed by atoms with Gasteiger partial charge in [0.15, 0.2) is 0 Å². The molecule has 0 saturated heterocycles. The Bertz CT molecular complexity index is 337. The number of hydrogen-bond acceptors (Lipinski definition) is 3. The summed E-state index contributed by atoms with van der Waals surface area (Å²) < 4.78 is 5.08. The summed E-state index contributed by atoms with van der Waals surface area (Å²) in [5, 5.41) is 0. The Morgan fingerprint density at radius 2 is 2.00 bits per heavy atom. The molecule has 0 heterocycles. The molecule has 0 bridgehead atoms. The molecule has 88 valence electrons. The zero-order valence-corrected chi connectivity index (χ0v) is 10.6. The Labute approximate surface area is 102 Å². The summed E-state index contributed by atoms with van der Waals surface area (Å²) in [6, 6.07) is 7.97. The number of hydrogen-bond donors (Lipinski definition) is 1. The maximum absolute atomic E-state index is 5.55. The summed E-state index contributed by atoms with van der Waals surface area (Å²) in [5.74, 6) is 0. The average Bonchev–Trinajstić information content (AvgIpc) is 2.30. The molecule has 1 aromatic rings. The first-order valence-corrected chi connectivity index (χ1v) is 5.73. The second-order valence-corrected chi connectivity index (χ2v) is 3.92. The third-order valence-corrected chi connectivity index (χ3v) is 2.70. The highest BCUT2D eigenvalue weighted by atomic mass is 32.1. The van der Waals surface area contributed by atoms with E-state index in [-0.39, 0.29) is 0 Å². The van der Waals surface area contributed by atoms with Gasteiger partial charge in [0, 0.05) is 31.5 Å². The van der Waals surface area contributed by atoms with Crippen molar-refractivity contribution in [2.45, 2.75) is 6.92 Å². The number of nitrogens with zero attached hydrogens (tertiary/aromatic N) is 1. The predicted octanol–water partition coefficient (Wildman–Crippen LogP) is 1.79. The van der Waals surface area contributed by atoms with E-state index in [1.807, 2.05) is 24.3 Å². The van der Waals surface area contributed by atoms with E-state index < -0.39 is 0 Å². The van der Waals surface area contributed by atoms with Gasteiger partial charge in [0.05, 0.1) is 6.61 Å². The number of ether oxygens (including phenoxy) is 1. The molecular formula is C12H18N2OS. The van der Waals surface area contributed by atoms with E-state index in [1.54, 1.807) is 7.11 Å². The Kier molecular flexibility index (Phi) is 5.22. The van der Waals surface area contributed by atoms with Crippen molar-refractivity contribution >= 4 is 22.9 Å². The topological polar surface area (TPSA) is 38.5 Å². The number of anilines is 1. The molecule has 0 aromatic heterocycles. The van der Waals surface area contributed by atoms with E-state index in [0.717, 1.165) is 25.3 Å². The lowest BCUT2D eigenvalue weighted by Crippen LogP contribution is -2.26. The lowest BCUT2D eigenvalue weighted by atomic mass is 10.2. The van der Waals surface area contributed by atoms with Crippen LogP contribution in [0.15, 0.2) is 24.3 Å². The van der Waals surface area contributed by atoms with Crippen molar-refractivity contribution in [1.29, 1.82) is 0 Å². The largest absolute Gasteiger partial charge is 0.389 e. The first-order chi connectivity index (χ1) is 7.69. The summed E-state index contributed by atoms with van der Waals surface area (Å²) in [6.45, 7) is 4.69. The van der Waals surface area contributed by atoms with Crippen LogP contribution >= 0.6 is 12.2 Å². The van der Waals surface area contributed by atoms with Crippen LogP contribution in [0.2, 0.25) is 0 Å². The van der Waals surface area contributed by atoms with Crippen molar-refractivity contribution in [2.75, 3.05) is 31.7 Å². The lowest BCUT2D eigenvalue weighted by molar-refractivity contribution is 0.205. The Morgan fingerprint density at radius 3 is 2.44 bits per heavy atom. The second-order valence-electron chi connectivity index (χ2n) is 3.48. The zero-order chi connectivity index (χ0) is 12.0.